The van der Waals surface area contributed by atoms with E-state index >= 15 is 0 Å². The first-order valence-electron chi connectivity index (χ1n) is 7.07. The van der Waals surface area contributed by atoms with Crippen LogP contribution in [-0.2, 0) is 0 Å². The van der Waals surface area contributed by atoms with Gasteiger partial charge in [0.25, 0.3) is 5.91 Å². The Kier molecular flexibility index (Phi) is 4.18. The Labute approximate surface area is 124 Å². The molecule has 0 radical (unpaired) electrons. The molecule has 1 aliphatic rings. The molecular formula is C15H22N4O2. The van der Waals surface area contributed by atoms with Crippen molar-refractivity contribution in [2.24, 2.45) is 11.1 Å². The molecule has 2 rings (SSSR count). The van der Waals surface area contributed by atoms with Crippen LogP contribution in [0.1, 0.15) is 43.2 Å². The van der Waals surface area contributed by atoms with Crippen LogP contribution in [0.4, 0.5) is 5.82 Å². The van der Waals surface area contributed by atoms with E-state index in [-0.39, 0.29) is 23.0 Å². The highest BCUT2D eigenvalue weighted by Crippen LogP contribution is 2.45. The van der Waals surface area contributed by atoms with Crippen LogP contribution in [0.15, 0.2) is 30.6 Å². The molecule has 0 bridgehead atoms. The van der Waals surface area contributed by atoms with E-state index in [4.69, 9.17) is 11.5 Å². The minimum Gasteiger partial charge on any atom is -0.393 e. The average molecular weight is 290 g/mol. The third-order valence-corrected chi connectivity index (χ3v) is 4.12. The maximum Gasteiger partial charge on any atom is 0.271 e. The van der Waals surface area contributed by atoms with Gasteiger partial charge in [-0.15, -0.1) is 0 Å². The Morgan fingerprint density at radius 3 is 2.81 bits per heavy atom. The van der Waals surface area contributed by atoms with Crippen LogP contribution in [0.2, 0.25) is 0 Å². The molecule has 114 valence electrons. The number of hydrogen-bond donors (Lipinski definition) is 3. The number of carbonyl (C=O) groups is 1. The Bertz CT molecular complexity index is 588. The lowest BCUT2D eigenvalue weighted by Crippen LogP contribution is -2.34. The summed E-state index contributed by atoms with van der Waals surface area (Å²) in [5.74, 6) is -0.380. The molecule has 0 aliphatic heterocycles. The molecule has 5 N–H and O–H groups in total. The van der Waals surface area contributed by atoms with E-state index in [0.717, 1.165) is 6.42 Å². The molecule has 0 saturated carbocycles. The summed E-state index contributed by atoms with van der Waals surface area (Å²) in [6.45, 7) is 3.84. The van der Waals surface area contributed by atoms with Crippen LogP contribution in [0.25, 0.3) is 0 Å². The zero-order valence-corrected chi connectivity index (χ0v) is 12.4. The first-order valence-corrected chi connectivity index (χ1v) is 7.07. The number of primary amides is 1. The number of allylic oxidation sites excluding steroid dienone is 4. The van der Waals surface area contributed by atoms with Crippen LogP contribution in [-0.4, -0.2) is 26.7 Å². The summed E-state index contributed by atoms with van der Waals surface area (Å²) in [6.07, 6.45) is 10.5. The van der Waals surface area contributed by atoms with Gasteiger partial charge in [0.15, 0.2) is 5.69 Å². The van der Waals surface area contributed by atoms with Gasteiger partial charge in [0.2, 0.25) is 0 Å². The maximum atomic E-state index is 11.3. The molecule has 3 unspecified atom stereocenters. The van der Waals surface area contributed by atoms with Crippen molar-refractivity contribution in [1.29, 1.82) is 0 Å². The second kappa shape index (κ2) is 5.73. The highest BCUT2D eigenvalue weighted by Gasteiger charge is 2.38. The number of nitrogens with two attached hydrogens (primary N) is 2. The largest absolute Gasteiger partial charge is 0.393 e. The monoisotopic (exact) mass is 290 g/mol. The molecule has 21 heavy (non-hydrogen) atoms. The van der Waals surface area contributed by atoms with Crippen LogP contribution in [0.5, 0.6) is 0 Å². The normalized spacial score (nSPS) is 26.0. The van der Waals surface area contributed by atoms with Gasteiger partial charge in [-0.25, -0.2) is 4.98 Å². The molecule has 1 amide bonds. The predicted octanol–water partition coefficient (Wildman–Crippen LogP) is 1.40. The number of imidazole rings is 1. The minimum atomic E-state index is -0.640. The number of aliphatic hydroxyl groups is 1. The molecule has 0 saturated heterocycles. The van der Waals surface area contributed by atoms with Gasteiger partial charge in [-0.3, -0.25) is 4.79 Å². The van der Waals surface area contributed by atoms with Gasteiger partial charge >= 0.3 is 0 Å². The summed E-state index contributed by atoms with van der Waals surface area (Å²) in [7, 11) is 0. The van der Waals surface area contributed by atoms with Gasteiger partial charge in [0, 0.05) is 5.41 Å². The number of aromatic nitrogens is 2. The second-order valence-corrected chi connectivity index (χ2v) is 5.58. The fourth-order valence-corrected chi connectivity index (χ4v) is 3.07. The number of nitrogens with zero attached hydrogens (tertiary/aromatic N) is 2. The average Bonchev–Trinajstić information content (AvgIpc) is 2.80. The Hall–Kier alpha value is -2.08. The number of amides is 1. The van der Waals surface area contributed by atoms with Crippen molar-refractivity contribution in [1.82, 2.24) is 9.55 Å². The van der Waals surface area contributed by atoms with E-state index in [0.29, 0.717) is 6.42 Å². The Balaban J connectivity index is 2.47. The maximum absolute atomic E-state index is 11.3. The summed E-state index contributed by atoms with van der Waals surface area (Å²) >= 11 is 0. The van der Waals surface area contributed by atoms with Gasteiger partial charge in [-0.05, 0) is 19.8 Å². The van der Waals surface area contributed by atoms with Crippen LogP contribution < -0.4 is 11.5 Å². The van der Waals surface area contributed by atoms with Crippen molar-refractivity contribution >= 4 is 11.7 Å². The molecule has 6 nitrogen and oxygen atoms in total. The molecule has 0 fully saturated rings. The molecule has 0 aromatic carbocycles. The standard InChI is InChI=1S/C15H22N4O2/c1-3-15(8-10(2)20)7-5-4-6-11(15)19-9-18-12(13(19)16)14(17)21/h4-7,9-11,20H,3,8,16H2,1-2H3,(H2,17,21). The minimum absolute atomic E-state index is 0.0833. The van der Waals surface area contributed by atoms with Crippen LogP contribution in [0.3, 0.4) is 0 Å². The number of anilines is 1. The highest BCUT2D eigenvalue weighted by atomic mass is 16.3. The van der Waals surface area contributed by atoms with E-state index < -0.39 is 12.0 Å². The first kappa shape index (κ1) is 15.3. The molecule has 0 spiro atoms. The van der Waals surface area contributed by atoms with Crippen molar-refractivity contribution in [3.8, 4) is 0 Å². The molecule has 1 aliphatic carbocycles. The lowest BCUT2D eigenvalue weighted by molar-refractivity contribution is 0.0995. The van der Waals surface area contributed by atoms with Gasteiger partial charge in [0.1, 0.15) is 5.82 Å². The third kappa shape index (κ3) is 2.71. The number of hydrogen-bond acceptors (Lipinski definition) is 4. The quantitative estimate of drug-likeness (QED) is 0.761. The molecule has 3 atom stereocenters. The fourth-order valence-electron chi connectivity index (χ4n) is 3.07. The van der Waals surface area contributed by atoms with E-state index in [1.54, 1.807) is 11.5 Å². The molecule has 6 heteroatoms. The zero-order chi connectivity index (χ0) is 15.6. The smallest absolute Gasteiger partial charge is 0.271 e. The van der Waals surface area contributed by atoms with Crippen molar-refractivity contribution < 1.29 is 9.90 Å². The number of carbonyl (C=O) groups excluding carboxylic acids is 1. The van der Waals surface area contributed by atoms with Crippen molar-refractivity contribution in [2.75, 3.05) is 5.73 Å². The second-order valence-electron chi connectivity index (χ2n) is 5.58. The van der Waals surface area contributed by atoms with Crippen molar-refractivity contribution in [2.45, 2.75) is 38.8 Å². The van der Waals surface area contributed by atoms with Gasteiger partial charge < -0.3 is 21.1 Å². The zero-order valence-electron chi connectivity index (χ0n) is 12.4. The van der Waals surface area contributed by atoms with Gasteiger partial charge in [-0.2, -0.15) is 0 Å². The highest BCUT2D eigenvalue weighted by molar-refractivity contribution is 5.95. The first-order chi connectivity index (χ1) is 9.91. The molecule has 1 aromatic heterocycles. The summed E-state index contributed by atoms with van der Waals surface area (Å²) in [4.78, 5) is 15.3. The summed E-state index contributed by atoms with van der Waals surface area (Å²) < 4.78 is 1.76. The topological polar surface area (TPSA) is 107 Å². The Morgan fingerprint density at radius 1 is 1.57 bits per heavy atom. The summed E-state index contributed by atoms with van der Waals surface area (Å²) in [5, 5.41) is 9.84. The van der Waals surface area contributed by atoms with E-state index in [2.05, 4.69) is 18.0 Å². The van der Waals surface area contributed by atoms with Crippen LogP contribution >= 0.6 is 0 Å². The predicted molar refractivity (Wildman–Crippen MR) is 81.5 cm³/mol. The molecule has 1 aromatic rings. The summed E-state index contributed by atoms with van der Waals surface area (Å²) in [5.41, 5.74) is 11.1. The fraction of sp³-hybridized carbons (Fsp3) is 0.467. The van der Waals surface area contributed by atoms with E-state index in [1.165, 1.54) is 6.33 Å². The van der Waals surface area contributed by atoms with Gasteiger partial charge in [-0.1, -0.05) is 31.2 Å². The molecular weight excluding hydrogens is 268 g/mol. The number of rotatable bonds is 5. The van der Waals surface area contributed by atoms with E-state index in [9.17, 15) is 9.90 Å². The molecule has 1 heterocycles. The van der Waals surface area contributed by atoms with E-state index in [1.807, 2.05) is 18.2 Å². The van der Waals surface area contributed by atoms with Gasteiger partial charge in [0.05, 0.1) is 18.5 Å². The third-order valence-electron chi connectivity index (χ3n) is 4.12. The number of nitrogen functional groups attached to an aromatic ring is 1. The van der Waals surface area contributed by atoms with Crippen molar-refractivity contribution in [3.05, 3.63) is 36.3 Å². The SMILES string of the molecule is CCC1(CC(C)O)C=CC=CC1n1cnc(C(N)=O)c1N. The number of aliphatic hydroxyl groups excluding tert-OH is 1. The Morgan fingerprint density at radius 2 is 2.29 bits per heavy atom. The summed E-state index contributed by atoms with van der Waals surface area (Å²) in [6, 6.07) is -0.109. The van der Waals surface area contributed by atoms with Crippen LogP contribution in [0, 0.1) is 5.41 Å². The lowest BCUT2D eigenvalue weighted by Gasteiger charge is -2.40. The van der Waals surface area contributed by atoms with Crippen molar-refractivity contribution in [3.63, 3.8) is 0 Å². The lowest BCUT2D eigenvalue weighted by atomic mass is 9.71.